The van der Waals surface area contributed by atoms with Crippen LogP contribution in [0.25, 0.3) is 22.2 Å². The zero-order chi connectivity index (χ0) is 21.4. The van der Waals surface area contributed by atoms with E-state index in [1.165, 1.54) is 12.1 Å². The molecule has 0 aliphatic rings. The van der Waals surface area contributed by atoms with E-state index in [0.717, 1.165) is 27.9 Å². The normalized spacial score (nSPS) is 11.4. The first-order valence-corrected chi connectivity index (χ1v) is 9.77. The third kappa shape index (κ3) is 3.68. The third-order valence-electron chi connectivity index (χ3n) is 4.87. The average Bonchev–Trinajstić information content (AvgIpc) is 3.22. The highest BCUT2D eigenvalue weighted by molar-refractivity contribution is 5.96. The number of nitrogens with zero attached hydrogens (tertiary/aromatic N) is 5. The van der Waals surface area contributed by atoms with E-state index in [1.807, 2.05) is 39.8 Å². The number of carbonyl (C=O) groups is 1. The molecule has 4 rings (SSSR count). The molecule has 154 valence electrons. The smallest absolute Gasteiger partial charge is 0.247 e. The SMILES string of the molecule is Cc1cc(NC(=O)Cn2nc(C)c3c(-c4ccc(F)cc4)ccnc32)n(C(C)C)n1. The maximum absolute atomic E-state index is 13.3. The van der Waals surface area contributed by atoms with Gasteiger partial charge in [-0.15, -0.1) is 0 Å². The summed E-state index contributed by atoms with van der Waals surface area (Å²) in [6.45, 7) is 7.80. The number of anilines is 1. The van der Waals surface area contributed by atoms with Gasteiger partial charge < -0.3 is 5.32 Å². The van der Waals surface area contributed by atoms with Crippen molar-refractivity contribution in [3.8, 4) is 11.1 Å². The first-order chi connectivity index (χ1) is 14.3. The van der Waals surface area contributed by atoms with Crippen LogP contribution in [0.4, 0.5) is 10.2 Å². The minimum absolute atomic E-state index is 0.0204. The van der Waals surface area contributed by atoms with Gasteiger partial charge in [-0.1, -0.05) is 12.1 Å². The molecule has 0 saturated heterocycles. The van der Waals surface area contributed by atoms with Gasteiger partial charge in [0.15, 0.2) is 5.65 Å². The number of rotatable bonds is 5. The number of nitrogens with one attached hydrogen (secondary N) is 1. The molecular formula is C22H23FN6O. The van der Waals surface area contributed by atoms with Gasteiger partial charge in [0.2, 0.25) is 5.91 Å². The predicted molar refractivity (Wildman–Crippen MR) is 114 cm³/mol. The molecule has 0 aliphatic heterocycles. The molecule has 4 aromatic rings. The summed E-state index contributed by atoms with van der Waals surface area (Å²) < 4.78 is 16.7. The minimum Gasteiger partial charge on any atom is -0.309 e. The summed E-state index contributed by atoms with van der Waals surface area (Å²) in [6, 6.07) is 10.1. The van der Waals surface area contributed by atoms with Crippen LogP contribution in [-0.4, -0.2) is 30.5 Å². The van der Waals surface area contributed by atoms with Crippen LogP contribution in [0.5, 0.6) is 0 Å². The summed E-state index contributed by atoms with van der Waals surface area (Å²) in [6.07, 6.45) is 1.67. The molecular weight excluding hydrogens is 383 g/mol. The first kappa shape index (κ1) is 19.8. The first-order valence-electron chi connectivity index (χ1n) is 9.77. The number of aryl methyl sites for hydroxylation is 2. The molecule has 1 N–H and O–H groups in total. The van der Waals surface area contributed by atoms with Gasteiger partial charge in [0.1, 0.15) is 18.2 Å². The lowest BCUT2D eigenvalue weighted by Gasteiger charge is -2.12. The Hall–Kier alpha value is -3.55. The Morgan fingerprint density at radius 2 is 1.87 bits per heavy atom. The molecule has 30 heavy (non-hydrogen) atoms. The fraction of sp³-hybridized carbons (Fsp3) is 0.273. The molecule has 0 aliphatic carbocycles. The molecule has 1 aromatic carbocycles. The maximum atomic E-state index is 13.3. The lowest BCUT2D eigenvalue weighted by molar-refractivity contribution is -0.116. The van der Waals surface area contributed by atoms with E-state index in [1.54, 1.807) is 27.7 Å². The number of fused-ring (bicyclic) bond motifs is 1. The molecule has 7 nitrogen and oxygen atoms in total. The highest BCUT2D eigenvalue weighted by atomic mass is 19.1. The van der Waals surface area contributed by atoms with Gasteiger partial charge in [0.25, 0.3) is 0 Å². The minimum atomic E-state index is -0.288. The number of halogens is 1. The van der Waals surface area contributed by atoms with Crippen molar-refractivity contribution in [1.29, 1.82) is 0 Å². The Balaban J connectivity index is 1.65. The van der Waals surface area contributed by atoms with Crippen LogP contribution in [0.2, 0.25) is 0 Å². The van der Waals surface area contributed by atoms with E-state index in [9.17, 15) is 9.18 Å². The lowest BCUT2D eigenvalue weighted by atomic mass is 10.0. The topological polar surface area (TPSA) is 77.6 Å². The standard InChI is InChI=1S/C22H23FN6O/c1-13(2)29-19(11-14(3)26-29)25-20(30)12-28-22-21(15(4)27-28)18(9-10-24-22)16-5-7-17(23)8-6-16/h5-11,13H,12H2,1-4H3,(H,25,30). The van der Waals surface area contributed by atoms with Crippen molar-refractivity contribution in [2.75, 3.05) is 5.32 Å². The molecule has 3 aromatic heterocycles. The summed E-state index contributed by atoms with van der Waals surface area (Å²) in [7, 11) is 0. The molecule has 0 fully saturated rings. The largest absolute Gasteiger partial charge is 0.309 e. The van der Waals surface area contributed by atoms with Crippen molar-refractivity contribution < 1.29 is 9.18 Å². The second-order valence-corrected chi connectivity index (χ2v) is 7.56. The van der Waals surface area contributed by atoms with Crippen molar-refractivity contribution in [3.63, 3.8) is 0 Å². The Labute approximate surface area is 173 Å². The van der Waals surface area contributed by atoms with E-state index in [4.69, 9.17) is 0 Å². The quantitative estimate of drug-likeness (QED) is 0.537. The average molecular weight is 406 g/mol. The van der Waals surface area contributed by atoms with Crippen LogP contribution < -0.4 is 5.32 Å². The molecule has 1 amide bonds. The van der Waals surface area contributed by atoms with Gasteiger partial charge in [-0.3, -0.25) is 4.79 Å². The summed E-state index contributed by atoms with van der Waals surface area (Å²) in [5, 5.41) is 12.7. The van der Waals surface area contributed by atoms with Crippen molar-refractivity contribution in [1.82, 2.24) is 24.5 Å². The molecule has 3 heterocycles. The summed E-state index contributed by atoms with van der Waals surface area (Å²) in [5.74, 6) is 0.153. The number of benzene rings is 1. The molecule has 8 heteroatoms. The number of carbonyl (C=O) groups excluding carboxylic acids is 1. The van der Waals surface area contributed by atoms with Crippen molar-refractivity contribution in [2.45, 2.75) is 40.3 Å². The number of hydrogen-bond acceptors (Lipinski definition) is 4. The fourth-order valence-electron chi connectivity index (χ4n) is 3.58. The monoisotopic (exact) mass is 406 g/mol. The summed E-state index contributed by atoms with van der Waals surface area (Å²) in [5.41, 5.74) is 3.97. The second-order valence-electron chi connectivity index (χ2n) is 7.56. The molecule has 0 unspecified atom stereocenters. The summed E-state index contributed by atoms with van der Waals surface area (Å²) in [4.78, 5) is 17.2. The van der Waals surface area contributed by atoms with Crippen LogP contribution in [0.1, 0.15) is 31.3 Å². The number of hydrogen-bond donors (Lipinski definition) is 1. The maximum Gasteiger partial charge on any atom is 0.247 e. The van der Waals surface area contributed by atoms with E-state index in [-0.39, 0.29) is 24.3 Å². The zero-order valence-corrected chi connectivity index (χ0v) is 17.3. The Morgan fingerprint density at radius 3 is 2.57 bits per heavy atom. The van der Waals surface area contributed by atoms with Crippen LogP contribution in [-0.2, 0) is 11.3 Å². The Bertz CT molecular complexity index is 1220. The molecule has 0 saturated carbocycles. The van der Waals surface area contributed by atoms with Gasteiger partial charge in [-0.25, -0.2) is 18.7 Å². The number of pyridine rings is 1. The second kappa shape index (κ2) is 7.70. The summed E-state index contributed by atoms with van der Waals surface area (Å²) >= 11 is 0. The van der Waals surface area contributed by atoms with Crippen LogP contribution in [0.3, 0.4) is 0 Å². The van der Waals surface area contributed by atoms with Crippen LogP contribution in [0.15, 0.2) is 42.6 Å². The zero-order valence-electron chi connectivity index (χ0n) is 17.3. The van der Waals surface area contributed by atoms with Gasteiger partial charge in [-0.05, 0) is 57.0 Å². The Morgan fingerprint density at radius 1 is 1.13 bits per heavy atom. The van der Waals surface area contributed by atoms with Crippen molar-refractivity contribution >= 4 is 22.8 Å². The van der Waals surface area contributed by atoms with Crippen LogP contribution >= 0.6 is 0 Å². The van der Waals surface area contributed by atoms with Gasteiger partial charge >= 0.3 is 0 Å². The molecule has 0 atom stereocenters. The Kier molecular flexibility index (Phi) is 5.07. The molecule has 0 bridgehead atoms. The van der Waals surface area contributed by atoms with E-state index < -0.39 is 0 Å². The van der Waals surface area contributed by atoms with E-state index in [0.29, 0.717) is 11.5 Å². The van der Waals surface area contributed by atoms with Crippen LogP contribution in [0, 0.1) is 19.7 Å². The number of aromatic nitrogens is 5. The highest BCUT2D eigenvalue weighted by Gasteiger charge is 2.17. The molecule has 0 spiro atoms. The van der Waals surface area contributed by atoms with Gasteiger partial charge in [0.05, 0.1) is 11.4 Å². The fourth-order valence-corrected chi connectivity index (χ4v) is 3.58. The van der Waals surface area contributed by atoms with Gasteiger partial charge in [0, 0.05) is 23.7 Å². The van der Waals surface area contributed by atoms with E-state index in [2.05, 4.69) is 20.5 Å². The predicted octanol–water partition coefficient (Wildman–Crippen LogP) is 4.27. The van der Waals surface area contributed by atoms with Crippen molar-refractivity contribution in [3.05, 3.63) is 59.8 Å². The van der Waals surface area contributed by atoms with E-state index >= 15 is 0 Å². The van der Waals surface area contributed by atoms with Crippen molar-refractivity contribution in [2.24, 2.45) is 0 Å². The number of amides is 1. The van der Waals surface area contributed by atoms with Gasteiger partial charge in [-0.2, -0.15) is 10.2 Å². The third-order valence-corrected chi connectivity index (χ3v) is 4.87. The molecule has 0 radical (unpaired) electrons. The highest BCUT2D eigenvalue weighted by Crippen LogP contribution is 2.30. The lowest BCUT2D eigenvalue weighted by Crippen LogP contribution is -2.22.